The third-order valence-corrected chi connectivity index (χ3v) is 3.09. The minimum Gasteiger partial charge on any atom is -0.489 e. The molecule has 3 heteroatoms. The molecule has 2 aromatic rings. The van der Waals surface area contributed by atoms with E-state index in [0.29, 0.717) is 6.61 Å². The number of halogens is 2. The Morgan fingerprint density at radius 3 is 2.67 bits per heavy atom. The van der Waals surface area contributed by atoms with Crippen molar-refractivity contribution in [3.8, 4) is 5.75 Å². The Morgan fingerprint density at radius 1 is 1.11 bits per heavy atom. The zero-order valence-electron chi connectivity index (χ0n) is 10.1. The zero-order valence-corrected chi connectivity index (χ0v) is 11.7. The van der Waals surface area contributed by atoms with Gasteiger partial charge < -0.3 is 4.74 Å². The van der Waals surface area contributed by atoms with Gasteiger partial charge in [0.15, 0.2) is 0 Å². The Kier molecular flexibility index (Phi) is 4.37. The molecule has 0 heterocycles. The molecule has 2 aromatic carbocycles. The monoisotopic (exact) mass is 308 g/mol. The van der Waals surface area contributed by atoms with Crippen molar-refractivity contribution in [1.29, 1.82) is 0 Å². The van der Waals surface area contributed by atoms with Crippen molar-refractivity contribution in [2.24, 2.45) is 0 Å². The summed E-state index contributed by atoms with van der Waals surface area (Å²) in [6.45, 7) is 2.46. The molecule has 0 radical (unpaired) electrons. The third kappa shape index (κ3) is 3.57. The van der Waals surface area contributed by atoms with E-state index in [2.05, 4.69) is 28.9 Å². The average molecular weight is 309 g/mol. The van der Waals surface area contributed by atoms with Gasteiger partial charge in [0.25, 0.3) is 0 Å². The Bertz CT molecular complexity index is 520. The smallest absolute Gasteiger partial charge is 0.124 e. The first-order chi connectivity index (χ1) is 8.67. The molecule has 0 unspecified atom stereocenters. The van der Waals surface area contributed by atoms with Crippen molar-refractivity contribution in [3.63, 3.8) is 0 Å². The summed E-state index contributed by atoms with van der Waals surface area (Å²) in [7, 11) is 0. The average Bonchev–Trinajstić information content (AvgIpc) is 2.35. The molecule has 0 N–H and O–H groups in total. The van der Waals surface area contributed by atoms with E-state index in [-0.39, 0.29) is 5.82 Å². The molecule has 1 nitrogen and oxygen atoms in total. The van der Waals surface area contributed by atoms with Gasteiger partial charge in [-0.3, -0.25) is 0 Å². The van der Waals surface area contributed by atoms with Crippen LogP contribution in [0.5, 0.6) is 5.75 Å². The fraction of sp³-hybridized carbons (Fsp3) is 0.200. The second kappa shape index (κ2) is 6.01. The highest BCUT2D eigenvalue weighted by Gasteiger charge is 2.01. The van der Waals surface area contributed by atoms with Crippen LogP contribution in [0.25, 0.3) is 0 Å². The number of hydrogen-bond acceptors (Lipinski definition) is 1. The molecule has 94 valence electrons. The molecule has 0 saturated heterocycles. The van der Waals surface area contributed by atoms with E-state index in [9.17, 15) is 4.39 Å². The quantitative estimate of drug-likeness (QED) is 0.793. The van der Waals surface area contributed by atoms with Gasteiger partial charge in [-0.2, -0.15) is 0 Å². The minimum absolute atomic E-state index is 0.259. The Morgan fingerprint density at radius 2 is 1.94 bits per heavy atom. The lowest BCUT2D eigenvalue weighted by Gasteiger charge is -2.08. The van der Waals surface area contributed by atoms with E-state index in [0.717, 1.165) is 22.2 Å². The van der Waals surface area contributed by atoms with Gasteiger partial charge >= 0.3 is 0 Å². The Labute approximate surface area is 115 Å². The van der Waals surface area contributed by atoms with Crippen LogP contribution in [0.15, 0.2) is 46.9 Å². The van der Waals surface area contributed by atoms with Crippen LogP contribution in [0.3, 0.4) is 0 Å². The Hall–Kier alpha value is -1.35. The predicted octanol–water partition coefficient (Wildman–Crippen LogP) is 4.73. The number of rotatable bonds is 4. The van der Waals surface area contributed by atoms with Crippen LogP contribution in [0.4, 0.5) is 4.39 Å². The summed E-state index contributed by atoms with van der Waals surface area (Å²) in [5, 5.41) is 0. The first-order valence-corrected chi connectivity index (χ1v) is 6.63. The van der Waals surface area contributed by atoms with E-state index in [1.165, 1.54) is 17.7 Å². The van der Waals surface area contributed by atoms with Gasteiger partial charge in [-0.05, 0) is 47.9 Å². The summed E-state index contributed by atoms with van der Waals surface area (Å²) in [4.78, 5) is 0. The largest absolute Gasteiger partial charge is 0.489 e. The SMILES string of the molecule is CCc1cccc(OCc2cc(F)cc(Br)c2)c1. The van der Waals surface area contributed by atoms with Gasteiger partial charge in [0.05, 0.1) is 0 Å². The molecule has 2 rings (SSSR count). The first kappa shape index (κ1) is 13.1. The van der Waals surface area contributed by atoms with Crippen LogP contribution in [0.1, 0.15) is 18.1 Å². The maximum absolute atomic E-state index is 13.2. The molecule has 0 bridgehead atoms. The first-order valence-electron chi connectivity index (χ1n) is 5.84. The van der Waals surface area contributed by atoms with E-state index < -0.39 is 0 Å². The summed E-state index contributed by atoms with van der Waals surface area (Å²) in [6, 6.07) is 12.7. The number of hydrogen-bond donors (Lipinski definition) is 0. The fourth-order valence-corrected chi connectivity index (χ4v) is 2.23. The summed E-state index contributed by atoms with van der Waals surface area (Å²) in [5.41, 5.74) is 2.04. The van der Waals surface area contributed by atoms with Crippen LogP contribution in [0.2, 0.25) is 0 Å². The standard InChI is InChI=1S/C15H14BrFO/c1-2-11-4-3-5-15(8-11)18-10-12-6-13(16)9-14(17)7-12/h3-9H,2,10H2,1H3. The van der Waals surface area contributed by atoms with E-state index in [1.54, 1.807) is 0 Å². The molecular weight excluding hydrogens is 295 g/mol. The third-order valence-electron chi connectivity index (χ3n) is 2.63. The summed E-state index contributed by atoms with van der Waals surface area (Å²) < 4.78 is 19.6. The molecule has 0 amide bonds. The molecule has 0 saturated carbocycles. The van der Waals surface area contributed by atoms with Gasteiger partial charge in [0, 0.05) is 4.47 Å². The lowest BCUT2D eigenvalue weighted by Crippen LogP contribution is -1.96. The van der Waals surface area contributed by atoms with Crippen LogP contribution < -0.4 is 4.74 Å². The molecule has 18 heavy (non-hydrogen) atoms. The molecule has 0 spiro atoms. The molecule has 0 aromatic heterocycles. The second-order valence-electron chi connectivity index (χ2n) is 4.07. The number of ether oxygens (including phenoxy) is 1. The van der Waals surface area contributed by atoms with Crippen molar-refractivity contribution < 1.29 is 9.13 Å². The topological polar surface area (TPSA) is 9.23 Å². The molecule has 0 aliphatic heterocycles. The van der Waals surface area contributed by atoms with Gasteiger partial charge in [-0.25, -0.2) is 4.39 Å². The van der Waals surface area contributed by atoms with Crippen molar-refractivity contribution in [2.75, 3.05) is 0 Å². The molecule has 0 atom stereocenters. The summed E-state index contributed by atoms with van der Waals surface area (Å²) >= 11 is 3.27. The van der Waals surface area contributed by atoms with E-state index >= 15 is 0 Å². The molecule has 0 aliphatic rings. The highest BCUT2D eigenvalue weighted by atomic mass is 79.9. The van der Waals surface area contributed by atoms with E-state index in [1.807, 2.05) is 24.3 Å². The number of benzene rings is 2. The fourth-order valence-electron chi connectivity index (χ4n) is 1.72. The summed E-state index contributed by atoms with van der Waals surface area (Å²) in [6.07, 6.45) is 0.975. The van der Waals surface area contributed by atoms with Crippen LogP contribution >= 0.6 is 15.9 Å². The minimum atomic E-state index is -0.259. The Balaban J connectivity index is 2.06. The maximum Gasteiger partial charge on any atom is 0.124 e. The van der Waals surface area contributed by atoms with Crippen molar-refractivity contribution >= 4 is 15.9 Å². The van der Waals surface area contributed by atoms with Gasteiger partial charge in [-0.1, -0.05) is 35.0 Å². The lowest BCUT2D eigenvalue weighted by molar-refractivity contribution is 0.305. The maximum atomic E-state index is 13.2. The van der Waals surface area contributed by atoms with Gasteiger partial charge in [-0.15, -0.1) is 0 Å². The van der Waals surface area contributed by atoms with Gasteiger partial charge in [0.1, 0.15) is 18.2 Å². The lowest BCUT2D eigenvalue weighted by atomic mass is 10.2. The highest BCUT2D eigenvalue weighted by Crippen LogP contribution is 2.18. The predicted molar refractivity (Wildman–Crippen MR) is 74.3 cm³/mol. The van der Waals surface area contributed by atoms with Gasteiger partial charge in [0.2, 0.25) is 0 Å². The van der Waals surface area contributed by atoms with Crippen molar-refractivity contribution in [1.82, 2.24) is 0 Å². The molecule has 0 aliphatic carbocycles. The van der Waals surface area contributed by atoms with Crippen molar-refractivity contribution in [2.45, 2.75) is 20.0 Å². The molecular formula is C15H14BrFO. The number of aryl methyl sites for hydroxylation is 1. The second-order valence-corrected chi connectivity index (χ2v) is 4.98. The highest BCUT2D eigenvalue weighted by molar-refractivity contribution is 9.10. The molecule has 0 fully saturated rings. The van der Waals surface area contributed by atoms with Crippen molar-refractivity contribution in [3.05, 3.63) is 63.9 Å². The van der Waals surface area contributed by atoms with E-state index in [4.69, 9.17) is 4.74 Å². The summed E-state index contributed by atoms with van der Waals surface area (Å²) in [5.74, 6) is 0.556. The van der Waals surface area contributed by atoms with Crippen LogP contribution in [-0.4, -0.2) is 0 Å². The van der Waals surface area contributed by atoms with Crippen LogP contribution in [-0.2, 0) is 13.0 Å². The normalized spacial score (nSPS) is 10.4. The van der Waals surface area contributed by atoms with Crippen LogP contribution in [0, 0.1) is 5.82 Å². The zero-order chi connectivity index (χ0) is 13.0.